The van der Waals surface area contributed by atoms with E-state index in [4.69, 9.17) is 5.41 Å². The van der Waals surface area contributed by atoms with Crippen LogP contribution in [0, 0.1) is 11.3 Å². The van der Waals surface area contributed by atoms with Crippen LogP contribution < -0.4 is 5.32 Å². The van der Waals surface area contributed by atoms with Crippen LogP contribution in [0.3, 0.4) is 0 Å². The summed E-state index contributed by atoms with van der Waals surface area (Å²) < 4.78 is 0. The van der Waals surface area contributed by atoms with Gasteiger partial charge in [0, 0.05) is 49.9 Å². The van der Waals surface area contributed by atoms with Crippen molar-refractivity contribution in [2.24, 2.45) is 5.92 Å². The van der Waals surface area contributed by atoms with E-state index in [9.17, 15) is 0 Å². The summed E-state index contributed by atoms with van der Waals surface area (Å²) in [4.78, 5) is 2.49. The van der Waals surface area contributed by atoms with Gasteiger partial charge in [0.15, 0.2) is 0 Å². The molecule has 4 rings (SSSR count). The molecular formula is C23H33N3. The summed E-state index contributed by atoms with van der Waals surface area (Å²) in [6.45, 7) is 13.8. The lowest BCUT2D eigenvalue weighted by Crippen LogP contribution is -2.41. The van der Waals surface area contributed by atoms with Crippen LogP contribution in [0.1, 0.15) is 63.6 Å². The molecule has 1 atom stereocenters. The zero-order valence-electron chi connectivity index (χ0n) is 16.8. The van der Waals surface area contributed by atoms with Gasteiger partial charge in [0.05, 0.1) is 0 Å². The molecule has 1 heterocycles. The molecule has 0 bridgehead atoms. The molecular weight excluding hydrogens is 318 g/mol. The van der Waals surface area contributed by atoms with Crippen LogP contribution in [0.2, 0.25) is 0 Å². The van der Waals surface area contributed by atoms with E-state index >= 15 is 0 Å². The third-order valence-corrected chi connectivity index (χ3v) is 6.75. The monoisotopic (exact) mass is 351 g/mol. The highest BCUT2D eigenvalue weighted by atomic mass is 15.2. The van der Waals surface area contributed by atoms with E-state index in [1.807, 2.05) is 0 Å². The summed E-state index contributed by atoms with van der Waals surface area (Å²) in [5.74, 6) is 0.487. The SMILES string of the molecule is CC1(C)CCC(C)(C)c2cc(C(=N)CC3C=C3N3CCNCC3)ccc21. The first-order chi connectivity index (χ1) is 12.3. The molecule has 1 aromatic rings. The van der Waals surface area contributed by atoms with Gasteiger partial charge in [-0.3, -0.25) is 0 Å². The van der Waals surface area contributed by atoms with Gasteiger partial charge in [-0.05, 0) is 46.4 Å². The summed E-state index contributed by atoms with van der Waals surface area (Å²) in [7, 11) is 0. The third-order valence-electron chi connectivity index (χ3n) is 6.75. The molecule has 2 N–H and O–H groups in total. The van der Waals surface area contributed by atoms with E-state index in [1.54, 1.807) is 0 Å². The number of benzene rings is 1. The number of fused-ring (bicyclic) bond motifs is 1. The number of hydrogen-bond donors (Lipinski definition) is 2. The van der Waals surface area contributed by atoms with Crippen LogP contribution in [0.5, 0.6) is 0 Å². The van der Waals surface area contributed by atoms with Crippen LogP contribution in [0.25, 0.3) is 0 Å². The Labute approximate surface area is 158 Å². The lowest BCUT2D eigenvalue weighted by atomic mass is 9.63. The first-order valence-electron chi connectivity index (χ1n) is 10.2. The second-order valence-corrected chi connectivity index (χ2v) is 9.65. The van der Waals surface area contributed by atoms with Crippen molar-refractivity contribution in [3.8, 4) is 0 Å². The fraction of sp³-hybridized carbons (Fsp3) is 0.609. The second-order valence-electron chi connectivity index (χ2n) is 9.65. The van der Waals surface area contributed by atoms with Gasteiger partial charge >= 0.3 is 0 Å². The number of hydrogen-bond acceptors (Lipinski definition) is 3. The van der Waals surface area contributed by atoms with Gasteiger partial charge < -0.3 is 15.6 Å². The molecule has 3 heteroatoms. The smallest absolute Gasteiger partial charge is 0.0396 e. The molecule has 3 nitrogen and oxygen atoms in total. The summed E-state index contributed by atoms with van der Waals surface area (Å²) in [5, 5.41) is 12.1. The predicted octanol–water partition coefficient (Wildman–Crippen LogP) is 4.21. The van der Waals surface area contributed by atoms with Crippen molar-refractivity contribution in [1.29, 1.82) is 5.41 Å². The molecule has 1 fully saturated rings. The van der Waals surface area contributed by atoms with E-state index in [0.29, 0.717) is 5.92 Å². The average molecular weight is 352 g/mol. The molecule has 0 radical (unpaired) electrons. The highest BCUT2D eigenvalue weighted by Crippen LogP contribution is 2.46. The minimum Gasteiger partial charge on any atom is -0.372 e. The highest BCUT2D eigenvalue weighted by molar-refractivity contribution is 5.99. The lowest BCUT2D eigenvalue weighted by Gasteiger charge is -2.42. The Morgan fingerprint density at radius 3 is 2.42 bits per heavy atom. The average Bonchev–Trinajstić information content (AvgIpc) is 3.39. The summed E-state index contributed by atoms with van der Waals surface area (Å²) in [5.41, 5.74) is 6.78. The Bertz CT molecular complexity index is 751. The largest absolute Gasteiger partial charge is 0.372 e. The van der Waals surface area contributed by atoms with Gasteiger partial charge in [0.2, 0.25) is 0 Å². The van der Waals surface area contributed by atoms with Gasteiger partial charge in [0.25, 0.3) is 0 Å². The zero-order valence-corrected chi connectivity index (χ0v) is 16.8. The van der Waals surface area contributed by atoms with Gasteiger partial charge in [-0.1, -0.05) is 45.9 Å². The minimum atomic E-state index is 0.213. The maximum atomic E-state index is 8.69. The number of nitrogens with zero attached hydrogens (tertiary/aromatic N) is 1. The number of allylic oxidation sites excluding steroid dienone is 2. The van der Waals surface area contributed by atoms with Crippen molar-refractivity contribution in [2.75, 3.05) is 26.2 Å². The Morgan fingerprint density at radius 1 is 1.08 bits per heavy atom. The van der Waals surface area contributed by atoms with Crippen LogP contribution in [-0.4, -0.2) is 36.8 Å². The summed E-state index contributed by atoms with van der Waals surface area (Å²) in [6, 6.07) is 6.82. The van der Waals surface area contributed by atoms with Gasteiger partial charge in [0.1, 0.15) is 0 Å². The van der Waals surface area contributed by atoms with E-state index < -0.39 is 0 Å². The minimum absolute atomic E-state index is 0.213. The molecule has 0 spiro atoms. The van der Waals surface area contributed by atoms with Crippen LogP contribution >= 0.6 is 0 Å². The quantitative estimate of drug-likeness (QED) is 0.798. The van der Waals surface area contributed by atoms with Gasteiger partial charge in [-0.25, -0.2) is 0 Å². The standard InChI is InChI=1S/C23H33N3/c1-22(2)7-8-23(3,4)19-13-16(5-6-18(19)22)20(24)14-17-15-21(17)26-11-9-25-10-12-26/h5-6,13,15,17,24-25H,7-12,14H2,1-4H3. The van der Waals surface area contributed by atoms with E-state index in [2.05, 4.69) is 62.2 Å². The van der Waals surface area contributed by atoms with E-state index in [0.717, 1.165) is 43.9 Å². The molecule has 140 valence electrons. The normalized spacial score (nSPS) is 26.1. The zero-order chi connectivity index (χ0) is 18.5. The molecule has 0 amide bonds. The van der Waals surface area contributed by atoms with Crippen molar-refractivity contribution < 1.29 is 0 Å². The van der Waals surface area contributed by atoms with Crippen molar-refractivity contribution in [1.82, 2.24) is 10.2 Å². The molecule has 1 aromatic carbocycles. The third kappa shape index (κ3) is 3.22. The number of piperazine rings is 1. The Morgan fingerprint density at radius 2 is 1.73 bits per heavy atom. The van der Waals surface area contributed by atoms with E-state index in [-0.39, 0.29) is 10.8 Å². The molecule has 2 aliphatic carbocycles. The van der Waals surface area contributed by atoms with Crippen molar-refractivity contribution in [3.63, 3.8) is 0 Å². The van der Waals surface area contributed by atoms with E-state index in [1.165, 1.54) is 29.7 Å². The molecule has 3 aliphatic rings. The number of nitrogens with one attached hydrogen (secondary N) is 2. The first-order valence-corrected chi connectivity index (χ1v) is 10.2. The van der Waals surface area contributed by atoms with Crippen LogP contribution in [0.15, 0.2) is 30.0 Å². The molecule has 0 aromatic heterocycles. The predicted molar refractivity (Wildman–Crippen MR) is 109 cm³/mol. The van der Waals surface area contributed by atoms with Crippen LogP contribution in [-0.2, 0) is 10.8 Å². The highest BCUT2D eigenvalue weighted by Gasteiger charge is 2.37. The van der Waals surface area contributed by atoms with Crippen molar-refractivity contribution in [2.45, 2.75) is 57.8 Å². The maximum absolute atomic E-state index is 8.69. The first kappa shape index (κ1) is 17.8. The topological polar surface area (TPSA) is 39.1 Å². The maximum Gasteiger partial charge on any atom is 0.0396 e. The lowest BCUT2D eigenvalue weighted by molar-refractivity contribution is 0.300. The Balaban J connectivity index is 1.48. The molecule has 1 aliphatic heterocycles. The fourth-order valence-corrected chi connectivity index (χ4v) is 4.70. The number of rotatable bonds is 4. The Kier molecular flexibility index (Phi) is 4.26. The van der Waals surface area contributed by atoms with Crippen molar-refractivity contribution in [3.05, 3.63) is 46.7 Å². The molecule has 1 unspecified atom stereocenters. The summed E-state index contributed by atoms with van der Waals surface area (Å²) >= 11 is 0. The van der Waals surface area contributed by atoms with Crippen molar-refractivity contribution >= 4 is 5.71 Å². The van der Waals surface area contributed by atoms with Gasteiger partial charge in [-0.15, -0.1) is 0 Å². The van der Waals surface area contributed by atoms with Gasteiger partial charge in [-0.2, -0.15) is 0 Å². The second kappa shape index (κ2) is 6.23. The molecule has 1 saturated heterocycles. The fourth-order valence-electron chi connectivity index (χ4n) is 4.70. The Hall–Kier alpha value is -1.61. The van der Waals surface area contributed by atoms with Crippen LogP contribution in [0.4, 0.5) is 0 Å². The molecule has 26 heavy (non-hydrogen) atoms. The summed E-state index contributed by atoms with van der Waals surface area (Å²) in [6.07, 6.45) is 5.66. The molecule has 0 saturated carbocycles.